The average molecular weight is 465 g/mol. The van der Waals surface area contributed by atoms with Gasteiger partial charge in [-0.1, -0.05) is 24.3 Å². The number of rotatable bonds is 5. The van der Waals surface area contributed by atoms with E-state index < -0.39 is 17.2 Å². The zero-order valence-electron chi connectivity index (χ0n) is 16.5. The van der Waals surface area contributed by atoms with E-state index >= 15 is 0 Å². The fourth-order valence-electron chi connectivity index (χ4n) is 2.91. The molecule has 1 aliphatic heterocycles. The van der Waals surface area contributed by atoms with Crippen molar-refractivity contribution in [1.29, 1.82) is 0 Å². The third-order valence-corrected chi connectivity index (χ3v) is 5.22. The highest BCUT2D eigenvalue weighted by atomic mass is 79.9. The Balaban J connectivity index is 1.64. The van der Waals surface area contributed by atoms with Gasteiger partial charge < -0.3 is 14.7 Å². The van der Waals surface area contributed by atoms with Gasteiger partial charge in [0.25, 0.3) is 0 Å². The number of halogens is 3. The fourth-order valence-corrected chi connectivity index (χ4v) is 3.39. The number of nitrogens with zero attached hydrogens (tertiary/aromatic N) is 2. The normalized spacial score (nSPS) is 17.1. The van der Waals surface area contributed by atoms with Gasteiger partial charge >= 0.3 is 0 Å². The Hall–Kier alpha value is -2.25. The van der Waals surface area contributed by atoms with Gasteiger partial charge in [0.05, 0.1) is 10.1 Å². The van der Waals surface area contributed by atoms with Crippen molar-refractivity contribution in [1.82, 2.24) is 4.90 Å². The Kier molecular flexibility index (Phi) is 6.39. The van der Waals surface area contributed by atoms with Crippen LogP contribution in [0.1, 0.15) is 37.5 Å². The maximum absolute atomic E-state index is 13.8. The van der Waals surface area contributed by atoms with Crippen LogP contribution < -0.4 is 0 Å². The molecule has 29 heavy (non-hydrogen) atoms. The van der Waals surface area contributed by atoms with Crippen LogP contribution in [0.3, 0.4) is 0 Å². The second-order valence-corrected chi connectivity index (χ2v) is 8.35. The molecule has 2 aromatic carbocycles. The summed E-state index contributed by atoms with van der Waals surface area (Å²) >= 11 is 3.45. The predicted octanol–water partition coefficient (Wildman–Crippen LogP) is 5.21. The lowest BCUT2D eigenvalue weighted by molar-refractivity contribution is 0.0785. The predicted molar refractivity (Wildman–Crippen MR) is 112 cm³/mol. The summed E-state index contributed by atoms with van der Waals surface area (Å²) in [5.41, 5.74) is 1.32. The smallest absolute Gasteiger partial charge is 0.227 e. The van der Waals surface area contributed by atoms with E-state index in [9.17, 15) is 13.9 Å². The molecule has 0 bridgehead atoms. The number of aliphatic imine (C=N–C) groups is 1. The second kappa shape index (κ2) is 8.63. The highest BCUT2D eigenvalue weighted by Gasteiger charge is 2.21. The topological polar surface area (TPSA) is 45.1 Å². The quantitative estimate of drug-likeness (QED) is 0.660. The Morgan fingerprint density at radius 3 is 2.48 bits per heavy atom. The van der Waals surface area contributed by atoms with Gasteiger partial charge in [0.1, 0.15) is 24.4 Å². The van der Waals surface area contributed by atoms with E-state index in [1.54, 1.807) is 13.8 Å². The number of benzene rings is 2. The second-order valence-electron chi connectivity index (χ2n) is 7.50. The van der Waals surface area contributed by atoms with Gasteiger partial charge in [-0.05, 0) is 60.0 Å². The van der Waals surface area contributed by atoms with Gasteiger partial charge in [0.2, 0.25) is 5.90 Å². The molecule has 4 nitrogen and oxygen atoms in total. The summed E-state index contributed by atoms with van der Waals surface area (Å²) in [6.07, 6.45) is 1.70. The molecule has 0 aromatic heterocycles. The van der Waals surface area contributed by atoms with E-state index in [1.807, 2.05) is 42.3 Å². The summed E-state index contributed by atoms with van der Waals surface area (Å²) in [5.74, 6) is -0.900. The van der Waals surface area contributed by atoms with Gasteiger partial charge in [-0.25, -0.2) is 13.8 Å². The molecule has 0 saturated heterocycles. The first-order valence-corrected chi connectivity index (χ1v) is 10.0. The summed E-state index contributed by atoms with van der Waals surface area (Å²) in [6.45, 7) is 6.03. The van der Waals surface area contributed by atoms with Crippen LogP contribution in [0.25, 0.3) is 0 Å². The van der Waals surface area contributed by atoms with Gasteiger partial charge in [0.15, 0.2) is 0 Å². The molecule has 154 valence electrons. The lowest BCUT2D eigenvalue weighted by Gasteiger charge is -2.30. The molecule has 0 radical (unpaired) electrons. The first kappa shape index (κ1) is 21.5. The van der Waals surface area contributed by atoms with Gasteiger partial charge in [0, 0.05) is 24.4 Å². The first-order valence-electron chi connectivity index (χ1n) is 9.23. The average Bonchev–Trinajstić information content (AvgIpc) is 2.64. The molecule has 1 heterocycles. The maximum Gasteiger partial charge on any atom is 0.227 e. The van der Waals surface area contributed by atoms with Crippen molar-refractivity contribution >= 4 is 21.8 Å². The molecule has 1 aliphatic rings. The van der Waals surface area contributed by atoms with E-state index in [1.165, 1.54) is 12.1 Å². The molecule has 3 rings (SSSR count). The fraction of sp³-hybridized carbons (Fsp3) is 0.318. The first-order chi connectivity index (χ1) is 13.6. The van der Waals surface area contributed by atoms with Crippen LogP contribution in [0.2, 0.25) is 0 Å². The SMILES string of the molecule is CC1N=C(OCc2ccc(F)cc2F)C(Br)=CN1Cc1ccc(C(C)(C)O)cc1. The molecule has 0 amide bonds. The minimum atomic E-state index is -0.875. The highest BCUT2D eigenvalue weighted by molar-refractivity contribution is 9.12. The van der Waals surface area contributed by atoms with E-state index in [0.717, 1.165) is 17.2 Å². The number of hydrogen-bond donors (Lipinski definition) is 1. The summed E-state index contributed by atoms with van der Waals surface area (Å²) < 4.78 is 33.1. The molecule has 0 aliphatic carbocycles. The molecular formula is C22H23BrF2N2O2. The standard InChI is InChI=1S/C22H23BrF2N2O2/c1-14-26-21(29-13-16-6-9-18(24)10-20(16)25)19(23)12-27(14)11-15-4-7-17(8-5-15)22(2,3)28/h4-10,12,14,28H,11,13H2,1-3H3. The zero-order valence-corrected chi connectivity index (χ0v) is 18.1. The van der Waals surface area contributed by atoms with Gasteiger partial charge in [-0.15, -0.1) is 0 Å². The van der Waals surface area contributed by atoms with Crippen LogP contribution in [-0.4, -0.2) is 22.1 Å². The van der Waals surface area contributed by atoms with Crippen LogP contribution >= 0.6 is 15.9 Å². The minimum absolute atomic E-state index is 0.0426. The Morgan fingerprint density at radius 2 is 1.86 bits per heavy atom. The number of hydrogen-bond acceptors (Lipinski definition) is 4. The van der Waals surface area contributed by atoms with Crippen LogP contribution in [0, 0.1) is 11.6 Å². The Morgan fingerprint density at radius 1 is 1.17 bits per heavy atom. The molecule has 7 heteroatoms. The maximum atomic E-state index is 13.8. The zero-order chi connectivity index (χ0) is 21.2. The van der Waals surface area contributed by atoms with Gasteiger partial charge in [-0.2, -0.15) is 0 Å². The van der Waals surface area contributed by atoms with E-state index in [4.69, 9.17) is 4.74 Å². The number of ether oxygens (including phenoxy) is 1. The van der Waals surface area contributed by atoms with E-state index in [0.29, 0.717) is 16.9 Å². The van der Waals surface area contributed by atoms with Crippen LogP contribution in [0.5, 0.6) is 0 Å². The van der Waals surface area contributed by atoms with Crippen molar-refractivity contribution in [3.8, 4) is 0 Å². The van der Waals surface area contributed by atoms with E-state index in [2.05, 4.69) is 20.9 Å². The monoisotopic (exact) mass is 464 g/mol. The molecule has 1 unspecified atom stereocenters. The number of aliphatic hydroxyl groups is 1. The summed E-state index contributed by atoms with van der Waals surface area (Å²) in [7, 11) is 0. The van der Waals surface area contributed by atoms with Crippen molar-refractivity contribution in [2.24, 2.45) is 4.99 Å². The molecule has 1 N–H and O–H groups in total. The molecule has 0 fully saturated rings. The highest BCUT2D eigenvalue weighted by Crippen LogP contribution is 2.24. The lowest BCUT2D eigenvalue weighted by atomic mass is 9.97. The minimum Gasteiger partial charge on any atom is -0.472 e. The summed E-state index contributed by atoms with van der Waals surface area (Å²) in [4.78, 5) is 6.56. The molecule has 0 saturated carbocycles. The Bertz CT molecular complexity index is 937. The molecule has 2 aromatic rings. The molecule has 1 atom stereocenters. The third kappa shape index (κ3) is 5.42. The third-order valence-electron chi connectivity index (χ3n) is 4.67. The molecular weight excluding hydrogens is 442 g/mol. The van der Waals surface area contributed by atoms with Crippen molar-refractivity contribution in [2.75, 3.05) is 0 Å². The van der Waals surface area contributed by atoms with Crippen molar-refractivity contribution < 1.29 is 18.6 Å². The Labute approximate surface area is 177 Å². The van der Waals surface area contributed by atoms with Crippen molar-refractivity contribution in [3.63, 3.8) is 0 Å². The lowest BCUT2D eigenvalue weighted by Crippen LogP contribution is -2.32. The van der Waals surface area contributed by atoms with Crippen LogP contribution in [-0.2, 0) is 23.5 Å². The van der Waals surface area contributed by atoms with Crippen molar-refractivity contribution in [2.45, 2.75) is 45.7 Å². The molecule has 0 spiro atoms. The van der Waals surface area contributed by atoms with Crippen LogP contribution in [0.15, 0.2) is 58.1 Å². The van der Waals surface area contributed by atoms with E-state index in [-0.39, 0.29) is 18.3 Å². The summed E-state index contributed by atoms with van der Waals surface area (Å²) in [5, 5.41) is 10.1. The van der Waals surface area contributed by atoms with Gasteiger partial charge in [-0.3, -0.25) is 0 Å². The largest absolute Gasteiger partial charge is 0.472 e. The van der Waals surface area contributed by atoms with Crippen LogP contribution in [0.4, 0.5) is 8.78 Å². The van der Waals surface area contributed by atoms with Crippen molar-refractivity contribution in [3.05, 3.63) is 81.5 Å². The summed E-state index contributed by atoms with van der Waals surface area (Å²) in [6, 6.07) is 11.2.